The Bertz CT molecular complexity index is 672. The van der Waals surface area contributed by atoms with Crippen LogP contribution in [0.2, 0.25) is 0 Å². The highest BCUT2D eigenvalue weighted by Gasteiger charge is 2.30. The van der Waals surface area contributed by atoms with Crippen molar-refractivity contribution in [2.75, 3.05) is 0 Å². The number of fused-ring (bicyclic) bond motifs is 1. The molecule has 2 aromatic carbocycles. The van der Waals surface area contributed by atoms with Crippen LogP contribution in [-0.4, -0.2) is 5.11 Å². The lowest BCUT2D eigenvalue weighted by Gasteiger charge is -2.29. The van der Waals surface area contributed by atoms with Gasteiger partial charge < -0.3 is 5.11 Å². The second kappa shape index (κ2) is 5.85. The second-order valence-corrected chi connectivity index (χ2v) is 6.33. The molecule has 2 aromatic rings. The zero-order valence-corrected chi connectivity index (χ0v) is 12.9. The number of hydrogen-bond donors (Lipinski definition) is 1. The van der Waals surface area contributed by atoms with Gasteiger partial charge in [0.25, 0.3) is 0 Å². The zero-order valence-electron chi connectivity index (χ0n) is 11.3. The summed E-state index contributed by atoms with van der Waals surface area (Å²) in [5.74, 6) is -1.57. The first-order valence-electron chi connectivity index (χ1n) is 6.96. The van der Waals surface area contributed by atoms with Crippen LogP contribution < -0.4 is 0 Å². The van der Waals surface area contributed by atoms with E-state index in [-0.39, 0.29) is 16.0 Å². The fourth-order valence-electron chi connectivity index (χ4n) is 3.05. The van der Waals surface area contributed by atoms with E-state index in [2.05, 4.69) is 22.0 Å². The van der Waals surface area contributed by atoms with E-state index in [1.54, 1.807) is 0 Å². The van der Waals surface area contributed by atoms with Gasteiger partial charge in [-0.2, -0.15) is 0 Å². The predicted molar refractivity (Wildman–Crippen MR) is 81.0 cm³/mol. The molecule has 0 radical (unpaired) electrons. The average molecular weight is 353 g/mol. The Labute approximate surface area is 130 Å². The van der Waals surface area contributed by atoms with Crippen LogP contribution in [0.1, 0.15) is 29.2 Å². The molecule has 21 heavy (non-hydrogen) atoms. The minimum atomic E-state index is -1.13. The highest BCUT2D eigenvalue weighted by atomic mass is 79.9. The highest BCUT2D eigenvalue weighted by molar-refractivity contribution is 9.10. The third-order valence-electron chi connectivity index (χ3n) is 4.21. The van der Waals surface area contributed by atoms with Crippen LogP contribution in [0.15, 0.2) is 40.9 Å². The first-order valence-corrected chi connectivity index (χ1v) is 7.75. The molecule has 2 unspecified atom stereocenters. The Balaban J connectivity index is 1.91. The summed E-state index contributed by atoms with van der Waals surface area (Å²) in [5.41, 5.74) is 2.19. The van der Waals surface area contributed by atoms with Gasteiger partial charge in [0.2, 0.25) is 0 Å². The van der Waals surface area contributed by atoms with E-state index >= 15 is 0 Å². The lowest BCUT2D eigenvalue weighted by molar-refractivity contribution is 0.0920. The third kappa shape index (κ3) is 2.74. The molecule has 1 aliphatic rings. The SMILES string of the molecule is OC(c1c(F)ccc(Br)c1F)C1CCc2ccccc2C1. The topological polar surface area (TPSA) is 20.2 Å². The maximum Gasteiger partial charge on any atom is 0.146 e. The maximum atomic E-state index is 14.1. The molecule has 0 saturated heterocycles. The highest BCUT2D eigenvalue weighted by Crippen LogP contribution is 2.37. The number of hydrogen-bond acceptors (Lipinski definition) is 1. The quantitative estimate of drug-likeness (QED) is 0.785. The van der Waals surface area contributed by atoms with Crippen LogP contribution in [0.4, 0.5) is 8.78 Å². The number of aryl methyl sites for hydroxylation is 1. The molecule has 0 fully saturated rings. The Hall–Kier alpha value is -1.26. The van der Waals surface area contributed by atoms with Crippen molar-refractivity contribution in [3.8, 4) is 0 Å². The lowest BCUT2D eigenvalue weighted by atomic mass is 9.79. The van der Waals surface area contributed by atoms with Gasteiger partial charge in [0, 0.05) is 0 Å². The summed E-state index contributed by atoms with van der Waals surface area (Å²) < 4.78 is 28.2. The van der Waals surface area contributed by atoms with Crippen LogP contribution >= 0.6 is 15.9 Å². The molecule has 1 aliphatic carbocycles. The summed E-state index contributed by atoms with van der Waals surface area (Å²) in [5, 5.41) is 10.5. The van der Waals surface area contributed by atoms with Gasteiger partial charge in [-0.3, -0.25) is 0 Å². The molecule has 110 valence electrons. The maximum absolute atomic E-state index is 14.1. The number of rotatable bonds is 2. The van der Waals surface area contributed by atoms with Crippen LogP contribution in [0.3, 0.4) is 0 Å². The van der Waals surface area contributed by atoms with Gasteiger partial charge in [-0.1, -0.05) is 24.3 Å². The average Bonchev–Trinajstić information content (AvgIpc) is 2.51. The van der Waals surface area contributed by atoms with Crippen molar-refractivity contribution in [2.45, 2.75) is 25.4 Å². The van der Waals surface area contributed by atoms with Crippen molar-refractivity contribution < 1.29 is 13.9 Å². The first-order chi connectivity index (χ1) is 10.1. The predicted octanol–water partition coefficient (Wildman–Crippen LogP) is 4.57. The van der Waals surface area contributed by atoms with Crippen LogP contribution in [0.5, 0.6) is 0 Å². The van der Waals surface area contributed by atoms with Crippen LogP contribution in [0, 0.1) is 17.6 Å². The Kier molecular flexibility index (Phi) is 4.09. The smallest absolute Gasteiger partial charge is 0.146 e. The molecule has 0 heterocycles. The molecule has 0 amide bonds. The van der Waals surface area contributed by atoms with E-state index < -0.39 is 17.7 Å². The molecule has 0 aliphatic heterocycles. The van der Waals surface area contributed by atoms with Crippen molar-refractivity contribution in [1.82, 2.24) is 0 Å². The fourth-order valence-corrected chi connectivity index (χ4v) is 3.39. The molecule has 1 nitrogen and oxygen atoms in total. The van der Waals surface area contributed by atoms with E-state index in [1.807, 2.05) is 18.2 Å². The molecule has 0 bridgehead atoms. The molecule has 3 rings (SSSR count). The number of halogens is 3. The Morgan fingerprint density at radius 1 is 1.10 bits per heavy atom. The van der Waals surface area contributed by atoms with Gasteiger partial charge in [-0.05, 0) is 64.4 Å². The summed E-state index contributed by atoms with van der Waals surface area (Å²) in [6, 6.07) is 10.5. The molecule has 0 aromatic heterocycles. The third-order valence-corrected chi connectivity index (χ3v) is 4.82. The summed E-state index contributed by atoms with van der Waals surface area (Å²) in [4.78, 5) is 0. The summed E-state index contributed by atoms with van der Waals surface area (Å²) in [7, 11) is 0. The normalized spacial score (nSPS) is 19.1. The molecule has 2 atom stereocenters. The van der Waals surface area contributed by atoms with Gasteiger partial charge >= 0.3 is 0 Å². The van der Waals surface area contributed by atoms with Gasteiger partial charge in [-0.15, -0.1) is 0 Å². The number of aliphatic hydroxyl groups is 1. The van der Waals surface area contributed by atoms with Gasteiger partial charge in [0.05, 0.1) is 16.1 Å². The first kappa shape index (κ1) is 14.7. The van der Waals surface area contributed by atoms with Crippen molar-refractivity contribution in [1.29, 1.82) is 0 Å². The fraction of sp³-hybridized carbons (Fsp3) is 0.294. The van der Waals surface area contributed by atoms with Crippen LogP contribution in [0.25, 0.3) is 0 Å². The Morgan fingerprint density at radius 3 is 2.57 bits per heavy atom. The molecular weight excluding hydrogens is 338 g/mol. The molecule has 1 N–H and O–H groups in total. The van der Waals surface area contributed by atoms with Gasteiger partial charge in [0.1, 0.15) is 11.6 Å². The number of benzene rings is 2. The summed E-state index contributed by atoms with van der Waals surface area (Å²) in [6.45, 7) is 0. The minimum absolute atomic E-state index is 0.168. The number of aliphatic hydroxyl groups excluding tert-OH is 1. The minimum Gasteiger partial charge on any atom is -0.388 e. The lowest BCUT2D eigenvalue weighted by Crippen LogP contribution is -2.22. The standard InChI is InChI=1S/C17H15BrF2O/c18-13-7-8-14(19)15(16(13)20)17(21)12-6-5-10-3-1-2-4-11(10)9-12/h1-4,7-8,12,17,21H,5-6,9H2. The van der Waals surface area contributed by atoms with Crippen molar-refractivity contribution in [3.63, 3.8) is 0 Å². The van der Waals surface area contributed by atoms with Crippen LogP contribution in [-0.2, 0) is 12.8 Å². The van der Waals surface area contributed by atoms with Gasteiger partial charge in [-0.25, -0.2) is 8.78 Å². The summed E-state index contributed by atoms with van der Waals surface area (Å²) >= 11 is 3.05. The molecular formula is C17H15BrF2O. The second-order valence-electron chi connectivity index (χ2n) is 5.47. The van der Waals surface area contributed by atoms with E-state index in [4.69, 9.17) is 0 Å². The summed E-state index contributed by atoms with van der Waals surface area (Å²) in [6.07, 6.45) is 1.07. The van der Waals surface area contributed by atoms with E-state index in [0.29, 0.717) is 6.42 Å². The molecule has 4 heteroatoms. The Morgan fingerprint density at radius 2 is 1.81 bits per heavy atom. The zero-order chi connectivity index (χ0) is 15.0. The largest absolute Gasteiger partial charge is 0.388 e. The van der Waals surface area contributed by atoms with Crippen molar-refractivity contribution >= 4 is 15.9 Å². The van der Waals surface area contributed by atoms with E-state index in [0.717, 1.165) is 18.4 Å². The van der Waals surface area contributed by atoms with Crippen molar-refractivity contribution in [2.24, 2.45) is 5.92 Å². The monoisotopic (exact) mass is 352 g/mol. The van der Waals surface area contributed by atoms with Gasteiger partial charge in [0.15, 0.2) is 0 Å². The van der Waals surface area contributed by atoms with E-state index in [1.165, 1.54) is 17.7 Å². The van der Waals surface area contributed by atoms with Crippen molar-refractivity contribution in [3.05, 3.63) is 69.2 Å². The molecule has 0 saturated carbocycles. The molecule has 0 spiro atoms. The van der Waals surface area contributed by atoms with E-state index in [9.17, 15) is 13.9 Å².